The Balaban J connectivity index is 0.000000321. The van der Waals surface area contributed by atoms with E-state index < -0.39 is 15.6 Å². The molecule has 1 heterocycles. The summed E-state index contributed by atoms with van der Waals surface area (Å²) in [6.07, 6.45) is 0. The van der Waals surface area contributed by atoms with Crippen LogP contribution in [0.1, 0.15) is 52.7 Å². The lowest BCUT2D eigenvalue weighted by atomic mass is 9.85. The first-order valence-electron chi connectivity index (χ1n) is 8.88. The number of hydrogen-bond acceptors (Lipinski definition) is 3. The Labute approximate surface area is 180 Å². The standard InChI is InChI=1S/C20H24I.CHF3O3S/c1-19(2,3)13-7-9-15-16-10-8-14(20(4,5)6)12-18(16)21-17(15)11-13;2-1(3,4)8(5,6)7/h7-12H,1-6H3;(H,5,6,7)/q+1;/p-1. The summed E-state index contributed by atoms with van der Waals surface area (Å²) in [5.74, 6) is 0. The van der Waals surface area contributed by atoms with E-state index in [1.54, 1.807) is 7.14 Å². The SMILES string of the molecule is CC(C)(C)c1ccc2c(c1)[I+]c1cc(C(C)(C)C)ccc1-2.O=S(=O)([O-])C(F)(F)F. The molecule has 8 heteroatoms. The van der Waals surface area contributed by atoms with Crippen LogP contribution in [0.3, 0.4) is 0 Å². The van der Waals surface area contributed by atoms with E-state index in [0.29, 0.717) is 0 Å². The molecule has 0 unspecified atom stereocenters. The van der Waals surface area contributed by atoms with Crippen LogP contribution in [0.4, 0.5) is 13.2 Å². The highest BCUT2D eigenvalue weighted by Crippen LogP contribution is 2.30. The second kappa shape index (κ2) is 7.85. The molecule has 2 aromatic rings. The highest BCUT2D eigenvalue weighted by atomic mass is 127. The highest BCUT2D eigenvalue weighted by molar-refractivity contribution is 7.86. The van der Waals surface area contributed by atoms with Gasteiger partial charge in [-0.25, -0.2) is 8.42 Å². The zero-order valence-electron chi connectivity index (χ0n) is 17.1. The second-order valence-electron chi connectivity index (χ2n) is 8.88. The maximum absolute atomic E-state index is 10.7. The molecule has 0 N–H and O–H groups in total. The van der Waals surface area contributed by atoms with Gasteiger partial charge in [0.25, 0.3) is 0 Å². The first-order valence-corrected chi connectivity index (χ1v) is 12.4. The normalized spacial score (nSPS) is 14.0. The lowest BCUT2D eigenvalue weighted by Crippen LogP contribution is -3.61. The molecule has 0 amide bonds. The van der Waals surface area contributed by atoms with E-state index in [-0.39, 0.29) is 32.0 Å². The topological polar surface area (TPSA) is 57.2 Å². The molecule has 0 bridgehead atoms. The van der Waals surface area contributed by atoms with Crippen LogP contribution in [0.15, 0.2) is 36.4 Å². The average Bonchev–Trinajstić information content (AvgIpc) is 2.88. The van der Waals surface area contributed by atoms with Crippen LogP contribution in [0.5, 0.6) is 0 Å². The Morgan fingerprint density at radius 3 is 1.31 bits per heavy atom. The number of benzene rings is 2. The highest BCUT2D eigenvalue weighted by Gasteiger charge is 2.37. The molecule has 0 saturated carbocycles. The monoisotopic (exact) mass is 540 g/mol. The molecule has 1 aliphatic rings. The Kier molecular flexibility index (Phi) is 6.53. The van der Waals surface area contributed by atoms with Crippen LogP contribution >= 0.6 is 0 Å². The Bertz CT molecular complexity index is 953. The fraction of sp³-hybridized carbons (Fsp3) is 0.429. The van der Waals surface area contributed by atoms with Crippen molar-refractivity contribution in [3.63, 3.8) is 0 Å². The fourth-order valence-electron chi connectivity index (χ4n) is 2.67. The minimum atomic E-state index is -6.09. The predicted octanol–water partition coefficient (Wildman–Crippen LogP) is 2.44. The van der Waals surface area contributed by atoms with Gasteiger partial charge in [-0.2, -0.15) is 13.2 Å². The Morgan fingerprint density at radius 1 is 0.759 bits per heavy atom. The lowest BCUT2D eigenvalue weighted by Gasteiger charge is -2.19. The minimum Gasteiger partial charge on any atom is -0.741 e. The van der Waals surface area contributed by atoms with Crippen LogP contribution in [-0.2, 0) is 20.9 Å². The lowest BCUT2D eigenvalue weighted by molar-refractivity contribution is -0.590. The Morgan fingerprint density at radius 2 is 1.07 bits per heavy atom. The summed E-state index contributed by atoms with van der Waals surface area (Å²) in [6, 6.07) is 14.2. The summed E-state index contributed by atoms with van der Waals surface area (Å²) in [5, 5.41) is 0. The van der Waals surface area contributed by atoms with Crippen molar-refractivity contribution in [3.8, 4) is 11.1 Å². The Hall–Kier alpha value is -1.13. The zero-order chi connectivity index (χ0) is 22.4. The van der Waals surface area contributed by atoms with Gasteiger partial charge in [0.2, 0.25) is 7.14 Å². The molecule has 0 aromatic heterocycles. The van der Waals surface area contributed by atoms with Crippen LogP contribution in [0.2, 0.25) is 0 Å². The maximum atomic E-state index is 10.7. The quantitative estimate of drug-likeness (QED) is 0.250. The molecule has 0 fully saturated rings. The number of halogens is 4. The number of alkyl halides is 3. The summed E-state index contributed by atoms with van der Waals surface area (Å²) in [4.78, 5) is 0. The van der Waals surface area contributed by atoms with Gasteiger partial charge in [0.1, 0.15) is 0 Å². The number of hydrogen-bond donors (Lipinski definition) is 0. The molecular formula is C21H24F3IO3S. The van der Waals surface area contributed by atoms with E-state index in [9.17, 15) is 13.2 Å². The first kappa shape index (κ1) is 24.1. The van der Waals surface area contributed by atoms with E-state index >= 15 is 0 Å². The van der Waals surface area contributed by atoms with Crippen molar-refractivity contribution in [2.75, 3.05) is 0 Å². The van der Waals surface area contributed by atoms with Gasteiger partial charge in [0.05, 0.1) is 0 Å². The number of rotatable bonds is 0. The molecule has 3 rings (SSSR count). The molecule has 0 saturated heterocycles. The van der Waals surface area contributed by atoms with Crippen molar-refractivity contribution >= 4 is 10.1 Å². The van der Waals surface area contributed by atoms with Gasteiger partial charge in [-0.3, -0.25) is 0 Å². The molecule has 160 valence electrons. The zero-order valence-corrected chi connectivity index (χ0v) is 20.1. The molecule has 29 heavy (non-hydrogen) atoms. The van der Waals surface area contributed by atoms with Crippen LogP contribution < -0.4 is 21.2 Å². The minimum absolute atomic E-state index is 0.0274. The van der Waals surface area contributed by atoms with Crippen molar-refractivity contribution in [2.24, 2.45) is 0 Å². The third kappa shape index (κ3) is 5.73. The molecule has 3 nitrogen and oxygen atoms in total. The van der Waals surface area contributed by atoms with E-state index in [1.165, 1.54) is 22.3 Å². The summed E-state index contributed by atoms with van der Waals surface area (Å²) >= 11 is -0.0274. The van der Waals surface area contributed by atoms with Crippen LogP contribution in [-0.4, -0.2) is 18.5 Å². The van der Waals surface area contributed by atoms with Gasteiger partial charge >= 0.3 is 26.7 Å². The molecule has 1 aliphatic heterocycles. The van der Waals surface area contributed by atoms with Crippen molar-refractivity contribution in [2.45, 2.75) is 57.9 Å². The molecule has 0 spiro atoms. The van der Waals surface area contributed by atoms with E-state index in [1.807, 2.05) is 0 Å². The first-order chi connectivity index (χ1) is 12.9. The predicted molar refractivity (Wildman–Crippen MR) is 102 cm³/mol. The second-order valence-corrected chi connectivity index (χ2v) is 13.1. The summed E-state index contributed by atoms with van der Waals surface area (Å²) in [6.45, 7) is 13.8. The van der Waals surface area contributed by atoms with E-state index in [4.69, 9.17) is 13.0 Å². The summed E-state index contributed by atoms with van der Waals surface area (Å²) in [7, 11) is -6.09. The van der Waals surface area contributed by atoms with Gasteiger partial charge in [0, 0.05) is 11.1 Å². The van der Waals surface area contributed by atoms with E-state index in [0.717, 1.165) is 0 Å². The molecular weight excluding hydrogens is 516 g/mol. The maximum Gasteiger partial charge on any atom is 0.485 e. The van der Waals surface area contributed by atoms with Crippen molar-refractivity contribution < 1.29 is 47.3 Å². The van der Waals surface area contributed by atoms with Gasteiger partial charge in [0.15, 0.2) is 10.1 Å². The van der Waals surface area contributed by atoms with Crippen LogP contribution in [0.25, 0.3) is 11.1 Å². The fourth-order valence-corrected chi connectivity index (χ4v) is 5.80. The molecule has 2 aromatic carbocycles. The van der Waals surface area contributed by atoms with Gasteiger partial charge in [-0.05, 0) is 46.2 Å². The molecule has 0 atom stereocenters. The third-order valence-electron chi connectivity index (χ3n) is 4.45. The smallest absolute Gasteiger partial charge is 0.485 e. The van der Waals surface area contributed by atoms with Crippen molar-refractivity contribution in [1.82, 2.24) is 0 Å². The average molecular weight is 540 g/mol. The van der Waals surface area contributed by atoms with E-state index in [2.05, 4.69) is 77.9 Å². The largest absolute Gasteiger partial charge is 0.741 e. The van der Waals surface area contributed by atoms with Crippen molar-refractivity contribution in [1.29, 1.82) is 0 Å². The summed E-state index contributed by atoms with van der Waals surface area (Å²) < 4.78 is 62.1. The third-order valence-corrected chi connectivity index (χ3v) is 7.96. The molecule has 0 aliphatic carbocycles. The van der Waals surface area contributed by atoms with Gasteiger partial charge < -0.3 is 4.55 Å². The molecule has 0 radical (unpaired) electrons. The van der Waals surface area contributed by atoms with Gasteiger partial charge in [-0.15, -0.1) is 0 Å². The van der Waals surface area contributed by atoms with Crippen LogP contribution in [0, 0.1) is 7.14 Å². The summed E-state index contributed by atoms with van der Waals surface area (Å²) in [5.41, 5.74) is 0.716. The number of fused-ring (bicyclic) bond motifs is 3. The van der Waals surface area contributed by atoms with Gasteiger partial charge in [-0.1, -0.05) is 53.7 Å². The van der Waals surface area contributed by atoms with Crippen molar-refractivity contribution in [3.05, 3.63) is 54.7 Å².